The molecule has 2 aliphatic rings. The molecule has 0 aromatic heterocycles. The van der Waals surface area contributed by atoms with Crippen molar-refractivity contribution in [3.8, 4) is 17.2 Å². The van der Waals surface area contributed by atoms with E-state index in [-0.39, 0.29) is 30.3 Å². The Morgan fingerprint density at radius 1 is 0.914 bits per heavy atom. The van der Waals surface area contributed by atoms with E-state index in [1.165, 1.54) is 27.4 Å². The molecule has 2 heterocycles. The van der Waals surface area contributed by atoms with Crippen molar-refractivity contribution >= 4 is 18.0 Å². The van der Waals surface area contributed by atoms with E-state index in [1.54, 1.807) is 30.3 Å². The van der Waals surface area contributed by atoms with Gasteiger partial charge in [-0.25, -0.2) is 9.59 Å². The second kappa shape index (κ2) is 10.8. The number of ether oxygens (including phenoxy) is 5. The lowest BCUT2D eigenvalue weighted by Crippen LogP contribution is -2.46. The highest BCUT2D eigenvalue weighted by atomic mass is 16.6. The average molecular weight is 482 g/mol. The van der Waals surface area contributed by atoms with Gasteiger partial charge >= 0.3 is 11.9 Å². The maximum atomic E-state index is 12.6. The lowest BCUT2D eigenvalue weighted by atomic mass is 10.0. The molecule has 0 radical (unpaired) electrons. The minimum absolute atomic E-state index is 0.0123. The number of fused-ring (bicyclic) bond motifs is 2. The number of carbonyl (C=O) groups excluding carboxylic acids is 2. The fraction of sp³-hybridized carbons (Fsp3) is 0.407. The summed E-state index contributed by atoms with van der Waals surface area (Å²) in [6.07, 6.45) is 4.64. The monoisotopic (exact) mass is 481 g/mol. The summed E-state index contributed by atoms with van der Waals surface area (Å²) in [6.45, 7) is 0. The summed E-state index contributed by atoms with van der Waals surface area (Å²) in [6, 6.07) is 12.7. The van der Waals surface area contributed by atoms with Gasteiger partial charge in [0, 0.05) is 31.4 Å². The zero-order valence-electron chi connectivity index (χ0n) is 20.4. The fourth-order valence-corrected chi connectivity index (χ4v) is 4.94. The van der Waals surface area contributed by atoms with Gasteiger partial charge in [-0.2, -0.15) is 0 Å². The predicted molar refractivity (Wildman–Crippen MR) is 130 cm³/mol. The highest BCUT2D eigenvalue weighted by Gasteiger charge is 2.47. The van der Waals surface area contributed by atoms with Crippen molar-refractivity contribution in [3.05, 3.63) is 59.7 Å². The van der Waals surface area contributed by atoms with Gasteiger partial charge in [-0.15, -0.1) is 0 Å². The molecule has 2 aliphatic heterocycles. The first-order chi connectivity index (χ1) is 16.9. The maximum Gasteiger partial charge on any atom is 0.338 e. The van der Waals surface area contributed by atoms with Gasteiger partial charge in [-0.3, -0.25) is 4.90 Å². The molecule has 0 aliphatic carbocycles. The molecule has 0 spiro atoms. The molecule has 0 saturated carbocycles. The SMILES string of the molecule is COc1cc(/C=C\C(=O)O[C@@H]2C[C@@H]3C[C@@H](OC(=O)c4ccccc4)[C@H](C2)N3C)cc(OC)c1OC. The average Bonchev–Trinajstić information content (AvgIpc) is 3.03. The zero-order valence-corrected chi connectivity index (χ0v) is 20.4. The first-order valence-electron chi connectivity index (χ1n) is 11.6. The Hall–Kier alpha value is -3.52. The first kappa shape index (κ1) is 24.6. The Balaban J connectivity index is 1.37. The topological polar surface area (TPSA) is 83.5 Å². The number of piperidine rings is 1. The molecular formula is C27H31NO7. The van der Waals surface area contributed by atoms with Gasteiger partial charge < -0.3 is 23.7 Å². The van der Waals surface area contributed by atoms with Gasteiger partial charge in [-0.1, -0.05) is 18.2 Å². The minimum Gasteiger partial charge on any atom is -0.493 e. The van der Waals surface area contributed by atoms with Crippen molar-refractivity contribution in [1.29, 1.82) is 0 Å². The third-order valence-electron chi connectivity index (χ3n) is 6.72. The van der Waals surface area contributed by atoms with Crippen LogP contribution < -0.4 is 14.2 Å². The van der Waals surface area contributed by atoms with Crippen molar-refractivity contribution < 1.29 is 33.3 Å². The van der Waals surface area contributed by atoms with Crippen LogP contribution in [0.15, 0.2) is 48.5 Å². The fourth-order valence-electron chi connectivity index (χ4n) is 4.94. The van der Waals surface area contributed by atoms with E-state index in [4.69, 9.17) is 23.7 Å². The molecule has 35 heavy (non-hydrogen) atoms. The Labute approximate surface area is 205 Å². The van der Waals surface area contributed by atoms with Crippen LogP contribution in [0.25, 0.3) is 6.08 Å². The van der Waals surface area contributed by atoms with Crippen LogP contribution in [0.5, 0.6) is 17.2 Å². The van der Waals surface area contributed by atoms with Crippen LogP contribution in [-0.2, 0) is 14.3 Å². The van der Waals surface area contributed by atoms with E-state index in [0.29, 0.717) is 41.2 Å². The number of esters is 2. The summed E-state index contributed by atoms with van der Waals surface area (Å²) in [7, 11) is 6.65. The highest BCUT2D eigenvalue weighted by Crippen LogP contribution is 2.39. The van der Waals surface area contributed by atoms with E-state index >= 15 is 0 Å². The van der Waals surface area contributed by atoms with Crippen molar-refractivity contribution in [2.75, 3.05) is 28.4 Å². The molecule has 2 bridgehead atoms. The molecular weight excluding hydrogens is 450 g/mol. The second-order valence-corrected chi connectivity index (χ2v) is 8.75. The summed E-state index contributed by atoms with van der Waals surface area (Å²) in [4.78, 5) is 27.4. The number of benzene rings is 2. The first-order valence-corrected chi connectivity index (χ1v) is 11.6. The number of likely N-dealkylation sites (N-methyl/N-ethyl adjacent to an activating group) is 1. The second-order valence-electron chi connectivity index (χ2n) is 8.75. The summed E-state index contributed by atoms with van der Waals surface area (Å²) in [5.41, 5.74) is 1.25. The molecule has 4 rings (SSSR count). The van der Waals surface area contributed by atoms with Crippen molar-refractivity contribution in [2.24, 2.45) is 0 Å². The lowest BCUT2D eigenvalue weighted by molar-refractivity contribution is -0.146. The smallest absolute Gasteiger partial charge is 0.338 e. The molecule has 4 atom stereocenters. The number of carbonyl (C=O) groups is 2. The number of nitrogens with zero attached hydrogens (tertiary/aromatic N) is 1. The molecule has 2 fully saturated rings. The normalized spacial score (nSPS) is 23.7. The number of hydrogen-bond donors (Lipinski definition) is 0. The number of rotatable bonds is 8. The molecule has 2 aromatic rings. The summed E-state index contributed by atoms with van der Waals surface area (Å²) in [5, 5.41) is 0. The highest BCUT2D eigenvalue weighted by molar-refractivity contribution is 5.89. The third kappa shape index (κ3) is 5.43. The molecule has 186 valence electrons. The maximum absolute atomic E-state index is 12.6. The molecule has 0 unspecified atom stereocenters. The van der Waals surface area contributed by atoms with Crippen molar-refractivity contribution in [2.45, 2.75) is 43.6 Å². The van der Waals surface area contributed by atoms with Gasteiger partial charge in [0.15, 0.2) is 11.5 Å². The van der Waals surface area contributed by atoms with E-state index < -0.39 is 5.97 Å². The summed E-state index contributed by atoms with van der Waals surface area (Å²) in [5.74, 6) is 0.744. The van der Waals surface area contributed by atoms with Crippen LogP contribution in [0.3, 0.4) is 0 Å². The zero-order chi connectivity index (χ0) is 24.9. The van der Waals surface area contributed by atoms with E-state index in [1.807, 2.05) is 25.2 Å². The molecule has 2 saturated heterocycles. The van der Waals surface area contributed by atoms with Crippen LogP contribution in [0.2, 0.25) is 0 Å². The van der Waals surface area contributed by atoms with Gasteiger partial charge in [0.05, 0.1) is 32.9 Å². The molecule has 0 amide bonds. The molecule has 2 aromatic carbocycles. The van der Waals surface area contributed by atoms with Gasteiger partial charge in [0.25, 0.3) is 0 Å². The lowest BCUT2D eigenvalue weighted by Gasteiger charge is -2.36. The third-order valence-corrected chi connectivity index (χ3v) is 6.72. The van der Waals surface area contributed by atoms with E-state index in [9.17, 15) is 9.59 Å². The van der Waals surface area contributed by atoms with Crippen molar-refractivity contribution in [3.63, 3.8) is 0 Å². The van der Waals surface area contributed by atoms with Crippen LogP contribution in [0.4, 0.5) is 0 Å². The van der Waals surface area contributed by atoms with E-state index in [2.05, 4.69) is 4.90 Å². The Morgan fingerprint density at radius 3 is 2.23 bits per heavy atom. The number of methoxy groups -OCH3 is 3. The van der Waals surface area contributed by atoms with E-state index in [0.717, 1.165) is 6.42 Å². The van der Waals surface area contributed by atoms with Gasteiger partial charge in [0.2, 0.25) is 5.75 Å². The Bertz CT molecular complexity index is 1060. The number of hydrogen-bond acceptors (Lipinski definition) is 8. The standard InChI is InChI=1S/C27H31NO7/c1-28-19-14-20(16-21(28)22(15-19)35-27(30)18-8-6-5-7-9-18)34-25(29)11-10-17-12-23(31-2)26(33-4)24(13-17)32-3/h5-13,19-22H,14-16H2,1-4H3/b11-10-/t19-,20-,21+,22-/m1/s1. The Morgan fingerprint density at radius 2 is 1.60 bits per heavy atom. The van der Waals surface area contributed by atoms with Crippen LogP contribution >= 0.6 is 0 Å². The van der Waals surface area contributed by atoms with Crippen molar-refractivity contribution in [1.82, 2.24) is 4.90 Å². The van der Waals surface area contributed by atoms with Crippen LogP contribution in [0, 0.1) is 0 Å². The molecule has 0 N–H and O–H groups in total. The molecule has 8 nitrogen and oxygen atoms in total. The van der Waals surface area contributed by atoms with Gasteiger partial charge in [-0.05, 0) is 43.0 Å². The van der Waals surface area contributed by atoms with Crippen LogP contribution in [-0.4, -0.2) is 69.5 Å². The molecule has 8 heteroatoms. The van der Waals surface area contributed by atoms with Crippen LogP contribution in [0.1, 0.15) is 35.2 Å². The predicted octanol–water partition coefficient (Wildman–Crippen LogP) is 3.73. The summed E-state index contributed by atoms with van der Waals surface area (Å²) < 4.78 is 27.6. The largest absolute Gasteiger partial charge is 0.493 e. The quantitative estimate of drug-likeness (QED) is 0.417. The summed E-state index contributed by atoms with van der Waals surface area (Å²) >= 11 is 0. The minimum atomic E-state index is -0.425. The van der Waals surface area contributed by atoms with Gasteiger partial charge in [0.1, 0.15) is 12.2 Å². The Kier molecular flexibility index (Phi) is 7.60.